The fraction of sp³-hybridized carbons (Fsp3) is 0.467. The number of rotatable bonds is 4. The molecule has 2 heterocycles. The summed E-state index contributed by atoms with van der Waals surface area (Å²) >= 11 is 4.79. The Bertz CT molecular complexity index is 649. The molecule has 7 heteroatoms. The average molecular weight is 386 g/mol. The van der Waals surface area contributed by atoms with Crippen molar-refractivity contribution in [3.63, 3.8) is 0 Å². The first kappa shape index (κ1) is 15.8. The van der Waals surface area contributed by atoms with E-state index in [1.165, 1.54) is 17.4 Å². The van der Waals surface area contributed by atoms with Crippen LogP contribution in [0.25, 0.3) is 10.6 Å². The Hall–Kier alpha value is -1.05. The molecule has 0 saturated carbocycles. The van der Waals surface area contributed by atoms with Crippen LogP contribution in [0.4, 0.5) is 9.52 Å². The Kier molecular flexibility index (Phi) is 5.05. The lowest BCUT2D eigenvalue weighted by Crippen LogP contribution is -2.39. The highest BCUT2D eigenvalue weighted by Gasteiger charge is 2.23. The first-order valence-electron chi connectivity index (χ1n) is 7.33. The number of anilines is 1. The fourth-order valence-corrected chi connectivity index (χ4v) is 3.86. The minimum atomic E-state index is -0.281. The van der Waals surface area contributed by atoms with Gasteiger partial charge in [0.2, 0.25) is 5.13 Å². The van der Waals surface area contributed by atoms with Crippen LogP contribution < -0.4 is 4.90 Å². The van der Waals surface area contributed by atoms with Crippen molar-refractivity contribution in [1.29, 1.82) is 0 Å². The van der Waals surface area contributed by atoms with E-state index in [9.17, 15) is 4.39 Å². The molecule has 1 aliphatic heterocycles. The second-order valence-electron chi connectivity index (χ2n) is 5.18. The van der Waals surface area contributed by atoms with Crippen molar-refractivity contribution in [3.8, 4) is 10.6 Å². The molecule has 1 atom stereocenters. The number of halogens is 2. The number of nitrogens with zero attached hydrogens (tertiary/aromatic N) is 3. The summed E-state index contributed by atoms with van der Waals surface area (Å²) in [5, 5.41) is 9.83. The van der Waals surface area contributed by atoms with Crippen LogP contribution in [0.2, 0.25) is 0 Å². The van der Waals surface area contributed by atoms with Crippen LogP contribution >= 0.6 is 27.3 Å². The van der Waals surface area contributed by atoms with Crippen molar-refractivity contribution >= 4 is 32.4 Å². The summed E-state index contributed by atoms with van der Waals surface area (Å²) in [5.74, 6) is -0.281. The molecule has 118 valence electrons. The van der Waals surface area contributed by atoms with Gasteiger partial charge in [0, 0.05) is 29.7 Å². The number of piperidine rings is 1. The lowest BCUT2D eigenvalue weighted by atomic mass is 10.1. The highest BCUT2D eigenvalue weighted by Crippen LogP contribution is 2.33. The first-order valence-corrected chi connectivity index (χ1v) is 8.93. The molecule has 0 N–H and O–H groups in total. The summed E-state index contributed by atoms with van der Waals surface area (Å²) in [4.78, 5) is 2.18. The molecule has 0 spiro atoms. The molecular formula is C15H17BrFN3OS. The Morgan fingerprint density at radius 2 is 2.32 bits per heavy atom. The SMILES string of the molecule is CCOC1CCCN(c2nnc(-c3cc(Br)ccc3F)s2)C1. The molecule has 0 amide bonds. The van der Waals surface area contributed by atoms with E-state index in [-0.39, 0.29) is 11.9 Å². The van der Waals surface area contributed by atoms with E-state index in [1.807, 2.05) is 6.92 Å². The van der Waals surface area contributed by atoms with E-state index in [2.05, 4.69) is 31.0 Å². The van der Waals surface area contributed by atoms with Crippen molar-refractivity contribution in [1.82, 2.24) is 10.2 Å². The molecule has 1 aromatic heterocycles. The molecule has 1 aliphatic rings. The van der Waals surface area contributed by atoms with Crippen LogP contribution in [-0.4, -0.2) is 36.0 Å². The number of ether oxygens (including phenoxy) is 1. The van der Waals surface area contributed by atoms with Gasteiger partial charge in [0.15, 0.2) is 5.01 Å². The van der Waals surface area contributed by atoms with Gasteiger partial charge in [0.05, 0.1) is 6.10 Å². The second kappa shape index (κ2) is 7.02. The summed E-state index contributed by atoms with van der Waals surface area (Å²) in [6.45, 7) is 4.50. The topological polar surface area (TPSA) is 38.2 Å². The molecule has 1 fully saturated rings. The molecule has 22 heavy (non-hydrogen) atoms. The monoisotopic (exact) mass is 385 g/mol. The van der Waals surface area contributed by atoms with Crippen molar-refractivity contribution in [2.45, 2.75) is 25.9 Å². The Labute approximate surface area is 141 Å². The number of aromatic nitrogens is 2. The average Bonchev–Trinajstić information content (AvgIpc) is 3.00. The second-order valence-corrected chi connectivity index (χ2v) is 7.05. The van der Waals surface area contributed by atoms with Crippen molar-refractivity contribution in [2.75, 3.05) is 24.6 Å². The van der Waals surface area contributed by atoms with Crippen LogP contribution in [0.5, 0.6) is 0 Å². The van der Waals surface area contributed by atoms with E-state index in [4.69, 9.17) is 4.74 Å². The van der Waals surface area contributed by atoms with E-state index in [0.717, 1.165) is 42.1 Å². The largest absolute Gasteiger partial charge is 0.377 e. The molecular weight excluding hydrogens is 369 g/mol. The molecule has 0 radical (unpaired) electrons. The summed E-state index contributed by atoms with van der Waals surface area (Å²) in [7, 11) is 0. The third-order valence-electron chi connectivity index (χ3n) is 3.62. The molecule has 0 aliphatic carbocycles. The van der Waals surface area contributed by atoms with E-state index >= 15 is 0 Å². The Balaban J connectivity index is 1.80. The highest BCUT2D eigenvalue weighted by molar-refractivity contribution is 9.10. The van der Waals surface area contributed by atoms with Gasteiger partial charge in [-0.2, -0.15) is 0 Å². The van der Waals surface area contributed by atoms with Gasteiger partial charge in [-0.3, -0.25) is 0 Å². The van der Waals surface area contributed by atoms with Crippen LogP contribution in [0, 0.1) is 5.82 Å². The maximum Gasteiger partial charge on any atom is 0.208 e. The Morgan fingerprint density at radius 1 is 1.45 bits per heavy atom. The van der Waals surface area contributed by atoms with Gasteiger partial charge < -0.3 is 9.64 Å². The predicted molar refractivity (Wildman–Crippen MR) is 89.9 cm³/mol. The molecule has 1 saturated heterocycles. The first-order chi connectivity index (χ1) is 10.7. The van der Waals surface area contributed by atoms with Crippen LogP contribution in [0.1, 0.15) is 19.8 Å². The normalized spacial score (nSPS) is 18.7. The smallest absolute Gasteiger partial charge is 0.208 e. The lowest BCUT2D eigenvalue weighted by Gasteiger charge is -2.31. The predicted octanol–water partition coefficient (Wildman–Crippen LogP) is 4.11. The lowest BCUT2D eigenvalue weighted by molar-refractivity contribution is 0.0526. The zero-order chi connectivity index (χ0) is 15.5. The Morgan fingerprint density at radius 3 is 3.14 bits per heavy atom. The van der Waals surface area contributed by atoms with E-state index in [0.29, 0.717) is 10.6 Å². The van der Waals surface area contributed by atoms with Gasteiger partial charge in [-0.15, -0.1) is 10.2 Å². The zero-order valence-electron chi connectivity index (χ0n) is 12.3. The molecule has 3 rings (SSSR count). The third kappa shape index (κ3) is 3.47. The summed E-state index contributed by atoms with van der Waals surface area (Å²) < 4.78 is 20.5. The van der Waals surface area contributed by atoms with Gasteiger partial charge in [0.25, 0.3) is 0 Å². The molecule has 1 aromatic carbocycles. The third-order valence-corrected chi connectivity index (χ3v) is 5.13. The standard InChI is InChI=1S/C15H17BrFN3OS/c1-2-21-11-4-3-7-20(9-11)15-19-18-14(22-15)12-8-10(16)5-6-13(12)17/h5-6,8,11H,2-4,7,9H2,1H3. The maximum atomic E-state index is 14.0. The minimum Gasteiger partial charge on any atom is -0.377 e. The van der Waals surface area contributed by atoms with Crippen molar-refractivity contribution in [3.05, 3.63) is 28.5 Å². The van der Waals surface area contributed by atoms with Crippen LogP contribution in [0.3, 0.4) is 0 Å². The van der Waals surface area contributed by atoms with Gasteiger partial charge in [-0.05, 0) is 38.0 Å². The van der Waals surface area contributed by atoms with Gasteiger partial charge in [-0.25, -0.2) is 4.39 Å². The van der Waals surface area contributed by atoms with Crippen LogP contribution in [-0.2, 0) is 4.74 Å². The maximum absolute atomic E-state index is 14.0. The van der Waals surface area contributed by atoms with Gasteiger partial charge in [-0.1, -0.05) is 27.3 Å². The van der Waals surface area contributed by atoms with E-state index in [1.54, 1.807) is 12.1 Å². The van der Waals surface area contributed by atoms with Crippen molar-refractivity contribution in [2.24, 2.45) is 0 Å². The van der Waals surface area contributed by atoms with E-state index < -0.39 is 0 Å². The fourth-order valence-electron chi connectivity index (χ4n) is 2.60. The van der Waals surface area contributed by atoms with Crippen LogP contribution in [0.15, 0.2) is 22.7 Å². The van der Waals surface area contributed by atoms with Gasteiger partial charge >= 0.3 is 0 Å². The van der Waals surface area contributed by atoms with Gasteiger partial charge in [0.1, 0.15) is 5.82 Å². The summed E-state index contributed by atoms with van der Waals surface area (Å²) in [5.41, 5.74) is 0.483. The molecule has 2 aromatic rings. The number of hydrogen-bond donors (Lipinski definition) is 0. The molecule has 4 nitrogen and oxygen atoms in total. The summed E-state index contributed by atoms with van der Waals surface area (Å²) in [6, 6.07) is 4.85. The van der Waals surface area contributed by atoms with Crippen molar-refractivity contribution < 1.29 is 9.13 Å². The zero-order valence-corrected chi connectivity index (χ0v) is 14.7. The quantitative estimate of drug-likeness (QED) is 0.793. The molecule has 0 bridgehead atoms. The number of hydrogen-bond acceptors (Lipinski definition) is 5. The highest BCUT2D eigenvalue weighted by atomic mass is 79.9. The number of benzene rings is 1. The summed E-state index contributed by atoms with van der Waals surface area (Å²) in [6.07, 6.45) is 2.40. The minimum absolute atomic E-state index is 0.244. The molecule has 1 unspecified atom stereocenters.